The fraction of sp³-hybridized carbons (Fsp3) is 0.105. The van der Waals surface area contributed by atoms with Gasteiger partial charge >= 0.3 is 0 Å². The van der Waals surface area contributed by atoms with E-state index in [1.807, 2.05) is 6.07 Å². The highest BCUT2D eigenvalue weighted by atomic mass is 19.1. The van der Waals surface area contributed by atoms with E-state index in [-0.39, 0.29) is 18.3 Å². The second-order valence-electron chi connectivity index (χ2n) is 5.87. The van der Waals surface area contributed by atoms with Crippen molar-refractivity contribution in [1.82, 2.24) is 15.3 Å². The van der Waals surface area contributed by atoms with E-state index in [1.54, 1.807) is 31.2 Å². The fourth-order valence-corrected chi connectivity index (χ4v) is 2.59. The van der Waals surface area contributed by atoms with Crippen molar-refractivity contribution < 1.29 is 9.18 Å². The second kappa shape index (κ2) is 7.18. The number of H-pyrrole nitrogens is 1. The summed E-state index contributed by atoms with van der Waals surface area (Å²) < 4.78 is 13.2. The summed E-state index contributed by atoms with van der Waals surface area (Å²) in [6.45, 7) is 1.92. The van der Waals surface area contributed by atoms with Gasteiger partial charge in [-0.25, -0.2) is 9.37 Å². The Labute approximate surface area is 149 Å². The Morgan fingerprint density at radius 3 is 2.85 bits per heavy atom. The molecule has 0 saturated heterocycles. The molecule has 2 heterocycles. The van der Waals surface area contributed by atoms with Gasteiger partial charge in [-0.2, -0.15) is 0 Å². The van der Waals surface area contributed by atoms with Crippen LogP contribution in [0.5, 0.6) is 0 Å². The first-order valence-corrected chi connectivity index (χ1v) is 7.97. The molecule has 0 spiro atoms. The van der Waals surface area contributed by atoms with E-state index in [0.29, 0.717) is 33.9 Å². The molecular formula is C19H18FN5O. The summed E-state index contributed by atoms with van der Waals surface area (Å²) in [6.07, 6.45) is 1.15. The van der Waals surface area contributed by atoms with Gasteiger partial charge in [-0.1, -0.05) is 12.1 Å². The lowest BCUT2D eigenvalue weighted by Crippen LogP contribution is -2.23. The Kier molecular flexibility index (Phi) is 4.79. The maximum Gasteiger partial charge on any atom is 0.268 e. The van der Waals surface area contributed by atoms with Gasteiger partial charge in [0.05, 0.1) is 5.69 Å². The molecule has 0 bridgehead atoms. The summed E-state index contributed by atoms with van der Waals surface area (Å²) in [5.74, 6) is -0.656. The zero-order valence-corrected chi connectivity index (χ0v) is 14.1. The van der Waals surface area contributed by atoms with Gasteiger partial charge in [-0.15, -0.1) is 0 Å². The van der Waals surface area contributed by atoms with E-state index in [0.717, 1.165) is 11.6 Å². The van der Waals surface area contributed by atoms with Crippen LogP contribution in [0.3, 0.4) is 0 Å². The van der Waals surface area contributed by atoms with E-state index >= 15 is 0 Å². The molecule has 0 unspecified atom stereocenters. The maximum absolute atomic E-state index is 13.2. The minimum Gasteiger partial charge on any atom is -0.402 e. The van der Waals surface area contributed by atoms with Crippen LogP contribution in [0, 0.1) is 11.2 Å². The van der Waals surface area contributed by atoms with Crippen LogP contribution in [0.4, 0.5) is 4.39 Å². The van der Waals surface area contributed by atoms with Gasteiger partial charge in [0, 0.05) is 29.4 Å². The molecule has 0 aliphatic rings. The molecule has 5 N–H and O–H groups in total. The predicted molar refractivity (Wildman–Crippen MR) is 99.2 cm³/mol. The lowest BCUT2D eigenvalue weighted by atomic mass is 10.1. The molecule has 3 rings (SSSR count). The summed E-state index contributed by atoms with van der Waals surface area (Å²) in [6, 6.07) is 11.3. The first-order chi connectivity index (χ1) is 12.5. The van der Waals surface area contributed by atoms with Gasteiger partial charge < -0.3 is 21.4 Å². The molecule has 0 saturated carbocycles. The number of nitrogens with zero attached hydrogens (tertiary/aromatic N) is 1. The molecule has 3 aromatic rings. The SMILES string of the molecule is C/C(N)=C(/C=N)c1ccc2cc(C(=O)NCc3cccc(F)c3)[nH]c2n1. The number of carbonyl (C=O) groups is 1. The standard InChI is InChI=1S/C19H18FN5O/c1-11(22)15(9-21)16-6-5-13-8-17(25-18(13)24-16)19(26)23-10-12-3-2-4-14(20)7-12/h2-9,21H,10,22H2,1H3,(H,23,26)(H,24,25)/b15-11+,21-9?. The third-order valence-electron chi connectivity index (χ3n) is 3.91. The lowest BCUT2D eigenvalue weighted by Gasteiger charge is -2.04. The van der Waals surface area contributed by atoms with Crippen molar-refractivity contribution in [1.29, 1.82) is 5.41 Å². The molecule has 1 aromatic carbocycles. The van der Waals surface area contributed by atoms with Crippen LogP contribution in [-0.2, 0) is 6.54 Å². The fourth-order valence-electron chi connectivity index (χ4n) is 2.59. The number of allylic oxidation sites excluding steroid dienone is 2. The molecule has 26 heavy (non-hydrogen) atoms. The Bertz CT molecular complexity index is 1020. The van der Waals surface area contributed by atoms with Crippen molar-refractivity contribution in [2.75, 3.05) is 0 Å². The Morgan fingerprint density at radius 2 is 2.15 bits per heavy atom. The normalized spacial score (nSPS) is 11.9. The molecule has 6 nitrogen and oxygen atoms in total. The number of aromatic amines is 1. The van der Waals surface area contributed by atoms with Crippen LogP contribution in [0.15, 0.2) is 48.2 Å². The minimum atomic E-state index is -0.343. The number of nitrogens with two attached hydrogens (primary N) is 1. The number of aromatic nitrogens is 2. The zero-order valence-electron chi connectivity index (χ0n) is 14.1. The summed E-state index contributed by atoms with van der Waals surface area (Å²) >= 11 is 0. The molecule has 0 aliphatic carbocycles. The van der Waals surface area contributed by atoms with E-state index in [1.165, 1.54) is 12.1 Å². The minimum absolute atomic E-state index is 0.220. The van der Waals surface area contributed by atoms with Crippen molar-refractivity contribution >= 4 is 28.7 Å². The molecule has 0 fully saturated rings. The Balaban J connectivity index is 1.81. The molecule has 132 valence electrons. The Hall–Kier alpha value is -3.48. The second-order valence-corrected chi connectivity index (χ2v) is 5.87. The molecular weight excluding hydrogens is 333 g/mol. The highest BCUT2D eigenvalue weighted by molar-refractivity contribution is 6.09. The van der Waals surface area contributed by atoms with Crippen LogP contribution >= 0.6 is 0 Å². The first kappa shape index (κ1) is 17.3. The largest absolute Gasteiger partial charge is 0.402 e. The summed E-state index contributed by atoms with van der Waals surface area (Å²) in [7, 11) is 0. The van der Waals surface area contributed by atoms with Crippen LogP contribution < -0.4 is 11.1 Å². The number of halogens is 1. The van der Waals surface area contributed by atoms with Crippen molar-refractivity contribution in [3.63, 3.8) is 0 Å². The molecule has 2 aromatic heterocycles. The van der Waals surface area contributed by atoms with Crippen molar-refractivity contribution in [3.05, 3.63) is 70.9 Å². The van der Waals surface area contributed by atoms with Gasteiger partial charge in [0.25, 0.3) is 5.91 Å². The number of benzene rings is 1. The third-order valence-corrected chi connectivity index (χ3v) is 3.91. The molecule has 7 heteroatoms. The maximum atomic E-state index is 13.2. The summed E-state index contributed by atoms with van der Waals surface area (Å²) in [5, 5.41) is 11.0. The smallest absolute Gasteiger partial charge is 0.268 e. The van der Waals surface area contributed by atoms with Crippen molar-refractivity contribution in [2.24, 2.45) is 5.73 Å². The molecule has 0 atom stereocenters. The molecule has 0 aliphatic heterocycles. The van der Waals surface area contributed by atoms with Crippen molar-refractivity contribution in [3.8, 4) is 0 Å². The van der Waals surface area contributed by atoms with E-state index in [4.69, 9.17) is 11.1 Å². The number of rotatable bonds is 5. The van der Waals surface area contributed by atoms with Gasteiger partial charge in [0.2, 0.25) is 0 Å². The van der Waals surface area contributed by atoms with E-state index < -0.39 is 0 Å². The Morgan fingerprint density at radius 1 is 1.35 bits per heavy atom. The quantitative estimate of drug-likeness (QED) is 0.531. The van der Waals surface area contributed by atoms with Crippen LogP contribution in [-0.4, -0.2) is 22.1 Å². The molecule has 1 amide bonds. The van der Waals surface area contributed by atoms with Crippen LogP contribution in [0.2, 0.25) is 0 Å². The topological polar surface area (TPSA) is 108 Å². The van der Waals surface area contributed by atoms with Crippen LogP contribution in [0.25, 0.3) is 16.6 Å². The average Bonchev–Trinajstić information content (AvgIpc) is 3.03. The number of carbonyl (C=O) groups excluding carboxylic acids is 1. The average molecular weight is 351 g/mol. The number of hydrogen-bond acceptors (Lipinski definition) is 4. The first-order valence-electron chi connectivity index (χ1n) is 7.97. The zero-order chi connectivity index (χ0) is 18.7. The van der Waals surface area contributed by atoms with Crippen molar-refractivity contribution in [2.45, 2.75) is 13.5 Å². The van der Waals surface area contributed by atoms with E-state index in [2.05, 4.69) is 15.3 Å². The number of amides is 1. The lowest BCUT2D eigenvalue weighted by molar-refractivity contribution is 0.0946. The van der Waals surface area contributed by atoms with Gasteiger partial charge in [0.1, 0.15) is 17.2 Å². The number of nitrogens with one attached hydrogen (secondary N) is 3. The number of pyridine rings is 1. The highest BCUT2D eigenvalue weighted by Crippen LogP contribution is 2.19. The van der Waals surface area contributed by atoms with Crippen LogP contribution in [0.1, 0.15) is 28.7 Å². The van der Waals surface area contributed by atoms with Gasteiger partial charge in [-0.05, 0) is 42.8 Å². The third kappa shape index (κ3) is 3.61. The number of hydrogen-bond donors (Lipinski definition) is 4. The monoisotopic (exact) mass is 351 g/mol. The molecule has 0 radical (unpaired) electrons. The van der Waals surface area contributed by atoms with Gasteiger partial charge in [0.15, 0.2) is 0 Å². The number of fused-ring (bicyclic) bond motifs is 1. The summed E-state index contributed by atoms with van der Waals surface area (Å²) in [5.41, 5.74) is 8.90. The predicted octanol–water partition coefficient (Wildman–Crippen LogP) is 2.97. The van der Waals surface area contributed by atoms with Gasteiger partial charge in [-0.3, -0.25) is 4.79 Å². The van der Waals surface area contributed by atoms with E-state index in [9.17, 15) is 9.18 Å². The summed E-state index contributed by atoms with van der Waals surface area (Å²) in [4.78, 5) is 19.7. The highest BCUT2D eigenvalue weighted by Gasteiger charge is 2.12.